The van der Waals surface area contributed by atoms with E-state index in [0.717, 1.165) is 11.3 Å². The minimum absolute atomic E-state index is 0.00317. The van der Waals surface area contributed by atoms with Gasteiger partial charge in [0.25, 0.3) is 5.91 Å². The summed E-state index contributed by atoms with van der Waals surface area (Å²) in [5.74, 6) is 0.761. The quantitative estimate of drug-likeness (QED) is 0.610. The van der Waals surface area contributed by atoms with E-state index in [4.69, 9.17) is 4.74 Å². The first kappa shape index (κ1) is 19.5. The molecule has 28 heavy (non-hydrogen) atoms. The molecule has 0 atom stereocenters. The number of rotatable bonds is 8. The summed E-state index contributed by atoms with van der Waals surface area (Å²) in [6.45, 7) is -0.235. The van der Waals surface area contributed by atoms with Gasteiger partial charge in [0.05, 0.1) is 26.0 Å². The summed E-state index contributed by atoms with van der Waals surface area (Å²) in [6, 6.07) is 16.7. The molecular formula is C20H22N4O4. The number of benzene rings is 2. The number of carbonyl (C=O) groups is 1. The van der Waals surface area contributed by atoms with Crippen LogP contribution in [0.1, 0.15) is 10.6 Å². The van der Waals surface area contributed by atoms with Crippen molar-refractivity contribution in [3.8, 4) is 22.8 Å². The molecule has 0 unspecified atom stereocenters. The molecule has 8 nitrogen and oxygen atoms in total. The van der Waals surface area contributed by atoms with Crippen LogP contribution in [0.5, 0.6) is 5.75 Å². The van der Waals surface area contributed by atoms with E-state index >= 15 is 0 Å². The molecule has 2 aromatic carbocycles. The number of aromatic nitrogens is 3. The minimum Gasteiger partial charge on any atom is -0.497 e. The topological polar surface area (TPSA) is 101 Å². The van der Waals surface area contributed by atoms with Crippen molar-refractivity contribution in [3.63, 3.8) is 0 Å². The highest BCUT2D eigenvalue weighted by Gasteiger charge is 2.23. The standard InChI is InChI=1S/C20H22N4O4/c1-28-17-9-7-15(8-10-17)19-21-18(20(27)23(11-13-25)12-14-26)22-24(19)16-5-3-2-4-6-16/h2-10,25-26H,11-14H2,1H3. The van der Waals surface area contributed by atoms with Crippen LogP contribution in [-0.2, 0) is 0 Å². The van der Waals surface area contributed by atoms with Crippen molar-refractivity contribution in [2.45, 2.75) is 0 Å². The van der Waals surface area contributed by atoms with Crippen molar-refractivity contribution in [1.82, 2.24) is 19.7 Å². The van der Waals surface area contributed by atoms with E-state index in [1.807, 2.05) is 54.6 Å². The lowest BCUT2D eigenvalue weighted by Crippen LogP contribution is -2.36. The molecule has 1 aromatic heterocycles. The highest BCUT2D eigenvalue weighted by Crippen LogP contribution is 2.24. The molecule has 0 saturated carbocycles. The minimum atomic E-state index is -0.451. The molecule has 0 saturated heterocycles. The number of carbonyl (C=O) groups excluding carboxylic acids is 1. The predicted octanol–water partition coefficient (Wildman–Crippen LogP) is 1.37. The molecule has 1 heterocycles. The highest BCUT2D eigenvalue weighted by atomic mass is 16.5. The third-order valence-electron chi connectivity index (χ3n) is 4.17. The van der Waals surface area contributed by atoms with Crippen molar-refractivity contribution < 1.29 is 19.7 Å². The Hall–Kier alpha value is -3.23. The van der Waals surface area contributed by atoms with Gasteiger partial charge in [0.15, 0.2) is 5.82 Å². The fourth-order valence-corrected chi connectivity index (χ4v) is 2.78. The number of aliphatic hydroxyl groups is 2. The van der Waals surface area contributed by atoms with E-state index in [0.29, 0.717) is 11.6 Å². The second kappa shape index (κ2) is 9.12. The predicted molar refractivity (Wildman–Crippen MR) is 103 cm³/mol. The van der Waals surface area contributed by atoms with E-state index in [2.05, 4.69) is 10.1 Å². The first-order valence-corrected chi connectivity index (χ1v) is 8.86. The van der Waals surface area contributed by atoms with Gasteiger partial charge in [-0.15, -0.1) is 5.10 Å². The summed E-state index contributed by atoms with van der Waals surface area (Å²) >= 11 is 0. The number of nitrogens with zero attached hydrogens (tertiary/aromatic N) is 4. The number of ether oxygens (including phenoxy) is 1. The fourth-order valence-electron chi connectivity index (χ4n) is 2.78. The average molecular weight is 382 g/mol. The Morgan fingerprint density at radius 3 is 2.25 bits per heavy atom. The van der Waals surface area contributed by atoms with Crippen LogP contribution >= 0.6 is 0 Å². The third kappa shape index (κ3) is 4.19. The lowest BCUT2D eigenvalue weighted by atomic mass is 10.2. The normalized spacial score (nSPS) is 10.7. The van der Waals surface area contributed by atoms with Crippen molar-refractivity contribution >= 4 is 5.91 Å². The largest absolute Gasteiger partial charge is 0.497 e. The van der Waals surface area contributed by atoms with Gasteiger partial charge in [0.1, 0.15) is 5.75 Å². The van der Waals surface area contributed by atoms with E-state index in [-0.39, 0.29) is 32.1 Å². The molecule has 0 spiro atoms. The van der Waals surface area contributed by atoms with Gasteiger partial charge in [0, 0.05) is 18.7 Å². The van der Waals surface area contributed by atoms with Crippen LogP contribution in [0.2, 0.25) is 0 Å². The Bertz CT molecular complexity index is 904. The SMILES string of the molecule is COc1ccc(-c2nc(C(=O)N(CCO)CCO)nn2-c2ccccc2)cc1. The summed E-state index contributed by atoms with van der Waals surface area (Å²) in [5, 5.41) is 22.8. The second-order valence-electron chi connectivity index (χ2n) is 5.97. The fraction of sp³-hybridized carbons (Fsp3) is 0.250. The average Bonchev–Trinajstić information content (AvgIpc) is 3.19. The highest BCUT2D eigenvalue weighted by molar-refractivity contribution is 5.91. The van der Waals surface area contributed by atoms with Crippen LogP contribution in [0.15, 0.2) is 54.6 Å². The van der Waals surface area contributed by atoms with Crippen LogP contribution in [0.4, 0.5) is 0 Å². The summed E-state index contributed by atoms with van der Waals surface area (Å²) in [6.07, 6.45) is 0. The zero-order valence-electron chi connectivity index (χ0n) is 15.5. The van der Waals surface area contributed by atoms with Crippen molar-refractivity contribution in [3.05, 3.63) is 60.4 Å². The number of hydrogen-bond donors (Lipinski definition) is 2. The van der Waals surface area contributed by atoms with Gasteiger partial charge in [-0.25, -0.2) is 9.67 Å². The Morgan fingerprint density at radius 2 is 1.68 bits per heavy atom. The summed E-state index contributed by atoms with van der Waals surface area (Å²) < 4.78 is 6.80. The molecular weight excluding hydrogens is 360 g/mol. The second-order valence-corrected chi connectivity index (χ2v) is 5.97. The Morgan fingerprint density at radius 1 is 1.04 bits per heavy atom. The molecule has 3 aromatic rings. The first-order valence-electron chi connectivity index (χ1n) is 8.86. The molecule has 0 fully saturated rings. The lowest BCUT2D eigenvalue weighted by molar-refractivity contribution is 0.0673. The van der Waals surface area contributed by atoms with E-state index in [1.165, 1.54) is 4.90 Å². The Labute approximate surface area is 162 Å². The summed E-state index contributed by atoms with van der Waals surface area (Å²) in [5.41, 5.74) is 1.53. The number of amides is 1. The van der Waals surface area contributed by atoms with Gasteiger partial charge in [-0.05, 0) is 36.4 Å². The maximum atomic E-state index is 12.8. The van der Waals surface area contributed by atoms with E-state index in [1.54, 1.807) is 11.8 Å². The molecule has 1 amide bonds. The first-order chi connectivity index (χ1) is 13.7. The zero-order valence-corrected chi connectivity index (χ0v) is 15.5. The van der Waals surface area contributed by atoms with Crippen LogP contribution in [-0.4, -0.2) is 69.2 Å². The molecule has 146 valence electrons. The number of methoxy groups -OCH3 is 1. The van der Waals surface area contributed by atoms with Gasteiger partial charge < -0.3 is 19.8 Å². The number of hydrogen-bond acceptors (Lipinski definition) is 6. The summed E-state index contributed by atoms with van der Waals surface area (Å²) in [7, 11) is 1.59. The number of para-hydroxylation sites is 1. The van der Waals surface area contributed by atoms with Gasteiger partial charge in [-0.2, -0.15) is 0 Å². The maximum Gasteiger partial charge on any atom is 0.293 e. The van der Waals surface area contributed by atoms with Crippen LogP contribution in [0.25, 0.3) is 17.1 Å². The van der Waals surface area contributed by atoms with Crippen LogP contribution < -0.4 is 4.74 Å². The number of aliphatic hydroxyl groups excluding tert-OH is 2. The maximum absolute atomic E-state index is 12.8. The molecule has 0 aliphatic heterocycles. The Balaban J connectivity index is 2.05. The van der Waals surface area contributed by atoms with Crippen LogP contribution in [0.3, 0.4) is 0 Å². The van der Waals surface area contributed by atoms with Gasteiger partial charge in [0.2, 0.25) is 5.82 Å². The van der Waals surface area contributed by atoms with E-state index in [9.17, 15) is 15.0 Å². The van der Waals surface area contributed by atoms with Crippen molar-refractivity contribution in [2.24, 2.45) is 0 Å². The van der Waals surface area contributed by atoms with Gasteiger partial charge in [-0.3, -0.25) is 4.79 Å². The van der Waals surface area contributed by atoms with Crippen LogP contribution in [0, 0.1) is 0 Å². The molecule has 0 radical (unpaired) electrons. The van der Waals surface area contributed by atoms with Gasteiger partial charge in [-0.1, -0.05) is 18.2 Å². The smallest absolute Gasteiger partial charge is 0.293 e. The monoisotopic (exact) mass is 382 g/mol. The Kier molecular flexibility index (Phi) is 6.36. The van der Waals surface area contributed by atoms with Crippen molar-refractivity contribution in [2.75, 3.05) is 33.4 Å². The molecule has 3 rings (SSSR count). The molecule has 0 bridgehead atoms. The third-order valence-corrected chi connectivity index (χ3v) is 4.17. The molecule has 8 heteroatoms. The van der Waals surface area contributed by atoms with E-state index < -0.39 is 5.91 Å². The zero-order chi connectivity index (χ0) is 19.9. The van der Waals surface area contributed by atoms with Gasteiger partial charge >= 0.3 is 0 Å². The lowest BCUT2D eigenvalue weighted by Gasteiger charge is -2.18. The molecule has 0 aliphatic carbocycles. The summed E-state index contributed by atoms with van der Waals surface area (Å²) in [4.78, 5) is 18.6. The molecule has 0 aliphatic rings. The van der Waals surface area contributed by atoms with Crippen molar-refractivity contribution in [1.29, 1.82) is 0 Å². The molecule has 2 N–H and O–H groups in total.